The summed E-state index contributed by atoms with van der Waals surface area (Å²) in [6, 6.07) is 6.17. The average Bonchev–Trinajstić information content (AvgIpc) is 2.16. The monoisotopic (exact) mass is 206 g/mol. The first-order valence-electron chi connectivity index (χ1n) is 5.41. The molecule has 0 bridgehead atoms. The highest BCUT2D eigenvalue weighted by atomic mass is 16.5. The Labute approximate surface area is 90.8 Å². The van der Waals surface area contributed by atoms with Crippen LogP contribution < -0.4 is 15.4 Å². The molecule has 0 radical (unpaired) electrons. The number of rotatable bonds is 2. The molecule has 1 aromatic rings. The normalized spacial score (nSPS) is 17.3. The molecule has 2 N–H and O–H groups in total. The van der Waals surface area contributed by atoms with Crippen LogP contribution in [0.3, 0.4) is 0 Å². The molecule has 82 valence electrons. The highest BCUT2D eigenvalue weighted by molar-refractivity contribution is 5.65. The lowest BCUT2D eigenvalue weighted by Gasteiger charge is -2.33. The molecule has 0 saturated heterocycles. The number of fused-ring (bicyclic) bond motifs is 1. The third-order valence-corrected chi connectivity index (χ3v) is 2.45. The number of ether oxygens (including phenoxy) is 1. The van der Waals surface area contributed by atoms with Crippen molar-refractivity contribution >= 4 is 11.4 Å². The van der Waals surface area contributed by atoms with E-state index >= 15 is 0 Å². The van der Waals surface area contributed by atoms with Gasteiger partial charge in [-0.3, -0.25) is 0 Å². The Balaban J connectivity index is 2.27. The molecular formula is C12H18N2O. The third-order valence-electron chi connectivity index (χ3n) is 2.45. The van der Waals surface area contributed by atoms with Crippen molar-refractivity contribution in [2.24, 2.45) is 0 Å². The second kappa shape index (κ2) is 3.65. The van der Waals surface area contributed by atoms with Gasteiger partial charge in [0.1, 0.15) is 11.4 Å². The van der Waals surface area contributed by atoms with Gasteiger partial charge in [0.25, 0.3) is 0 Å². The van der Waals surface area contributed by atoms with Crippen LogP contribution in [0, 0.1) is 0 Å². The van der Waals surface area contributed by atoms with Crippen LogP contribution in [0.2, 0.25) is 0 Å². The zero-order valence-electron chi connectivity index (χ0n) is 9.55. The molecule has 3 heteroatoms. The molecule has 1 heterocycles. The lowest BCUT2D eigenvalue weighted by molar-refractivity contribution is 0.116. The summed E-state index contributed by atoms with van der Waals surface area (Å²) in [7, 11) is 0. The first-order valence-corrected chi connectivity index (χ1v) is 5.41. The minimum atomic E-state index is -0.127. The van der Waals surface area contributed by atoms with E-state index in [2.05, 4.69) is 43.5 Å². The van der Waals surface area contributed by atoms with E-state index in [0.29, 0.717) is 0 Å². The maximum Gasteiger partial charge on any atom is 0.145 e. The van der Waals surface area contributed by atoms with Crippen LogP contribution in [0.5, 0.6) is 5.75 Å². The molecule has 0 saturated carbocycles. The topological polar surface area (TPSA) is 33.3 Å². The summed E-state index contributed by atoms with van der Waals surface area (Å²) in [5.41, 5.74) is 2.06. The van der Waals surface area contributed by atoms with Gasteiger partial charge >= 0.3 is 0 Å². The standard InChI is InChI=1S/C12H18N2O/c1-4-13-9-5-6-10-11(7-9)15-12(2,3)8-14-10/h5-7,13-14H,4,8H2,1-3H3. The molecular weight excluding hydrogens is 188 g/mol. The average molecular weight is 206 g/mol. The fourth-order valence-corrected chi connectivity index (χ4v) is 1.71. The van der Waals surface area contributed by atoms with Gasteiger partial charge in [-0.15, -0.1) is 0 Å². The van der Waals surface area contributed by atoms with Crippen LogP contribution in [-0.4, -0.2) is 18.7 Å². The van der Waals surface area contributed by atoms with E-state index in [1.54, 1.807) is 0 Å². The van der Waals surface area contributed by atoms with Crippen molar-refractivity contribution in [3.05, 3.63) is 18.2 Å². The van der Waals surface area contributed by atoms with Crippen molar-refractivity contribution in [1.82, 2.24) is 0 Å². The minimum Gasteiger partial charge on any atom is -0.484 e. The van der Waals surface area contributed by atoms with Crippen molar-refractivity contribution < 1.29 is 4.74 Å². The van der Waals surface area contributed by atoms with Crippen LogP contribution in [0.25, 0.3) is 0 Å². The highest BCUT2D eigenvalue weighted by Crippen LogP contribution is 2.34. The van der Waals surface area contributed by atoms with Crippen molar-refractivity contribution in [3.8, 4) is 5.75 Å². The first kappa shape index (κ1) is 10.1. The zero-order valence-corrected chi connectivity index (χ0v) is 9.55. The number of hydrogen-bond donors (Lipinski definition) is 2. The third kappa shape index (κ3) is 2.17. The van der Waals surface area contributed by atoms with E-state index < -0.39 is 0 Å². The Hall–Kier alpha value is -1.38. The number of hydrogen-bond acceptors (Lipinski definition) is 3. The number of benzene rings is 1. The van der Waals surface area contributed by atoms with Crippen LogP contribution in [0.4, 0.5) is 11.4 Å². The van der Waals surface area contributed by atoms with Crippen LogP contribution in [-0.2, 0) is 0 Å². The van der Waals surface area contributed by atoms with Crippen molar-refractivity contribution in [1.29, 1.82) is 0 Å². The molecule has 1 aliphatic heterocycles. The Kier molecular flexibility index (Phi) is 2.47. The van der Waals surface area contributed by atoms with Gasteiger partial charge in [-0.25, -0.2) is 0 Å². The summed E-state index contributed by atoms with van der Waals surface area (Å²) in [6.45, 7) is 8.03. The Morgan fingerprint density at radius 3 is 3.00 bits per heavy atom. The predicted molar refractivity (Wildman–Crippen MR) is 63.8 cm³/mol. The Morgan fingerprint density at radius 2 is 2.27 bits per heavy atom. The van der Waals surface area contributed by atoms with Gasteiger partial charge < -0.3 is 15.4 Å². The Morgan fingerprint density at radius 1 is 1.47 bits per heavy atom. The summed E-state index contributed by atoms with van der Waals surface area (Å²) in [4.78, 5) is 0. The molecule has 0 fully saturated rings. The lowest BCUT2D eigenvalue weighted by Crippen LogP contribution is -2.39. The van der Waals surface area contributed by atoms with Gasteiger partial charge in [0.2, 0.25) is 0 Å². The van der Waals surface area contributed by atoms with Crippen LogP contribution in [0.1, 0.15) is 20.8 Å². The first-order chi connectivity index (χ1) is 7.11. The van der Waals surface area contributed by atoms with E-state index in [0.717, 1.165) is 30.2 Å². The van der Waals surface area contributed by atoms with Gasteiger partial charge in [0, 0.05) is 18.3 Å². The van der Waals surface area contributed by atoms with E-state index in [1.165, 1.54) is 0 Å². The smallest absolute Gasteiger partial charge is 0.145 e. The second-order valence-electron chi connectivity index (χ2n) is 4.46. The molecule has 1 aliphatic rings. The maximum atomic E-state index is 5.90. The molecule has 3 nitrogen and oxygen atoms in total. The van der Waals surface area contributed by atoms with Gasteiger partial charge in [-0.05, 0) is 32.9 Å². The van der Waals surface area contributed by atoms with E-state index in [9.17, 15) is 0 Å². The van der Waals surface area contributed by atoms with Crippen molar-refractivity contribution in [3.63, 3.8) is 0 Å². The lowest BCUT2D eigenvalue weighted by atomic mass is 10.1. The van der Waals surface area contributed by atoms with Gasteiger partial charge in [-0.1, -0.05) is 0 Å². The van der Waals surface area contributed by atoms with E-state index in [1.807, 2.05) is 6.07 Å². The quantitative estimate of drug-likeness (QED) is 0.780. The molecule has 0 atom stereocenters. The summed E-state index contributed by atoms with van der Waals surface area (Å²) in [5.74, 6) is 0.935. The molecule has 0 amide bonds. The highest BCUT2D eigenvalue weighted by Gasteiger charge is 2.26. The molecule has 15 heavy (non-hydrogen) atoms. The number of nitrogens with one attached hydrogen (secondary N) is 2. The fourth-order valence-electron chi connectivity index (χ4n) is 1.71. The molecule has 0 unspecified atom stereocenters. The maximum absolute atomic E-state index is 5.90. The summed E-state index contributed by atoms with van der Waals surface area (Å²) < 4.78 is 5.90. The molecule has 0 aliphatic carbocycles. The van der Waals surface area contributed by atoms with Crippen molar-refractivity contribution in [2.75, 3.05) is 23.7 Å². The molecule has 0 spiro atoms. The van der Waals surface area contributed by atoms with Crippen molar-refractivity contribution in [2.45, 2.75) is 26.4 Å². The number of anilines is 2. The second-order valence-corrected chi connectivity index (χ2v) is 4.46. The van der Waals surface area contributed by atoms with Crippen LogP contribution >= 0.6 is 0 Å². The van der Waals surface area contributed by atoms with Gasteiger partial charge in [0.15, 0.2) is 0 Å². The van der Waals surface area contributed by atoms with Gasteiger partial charge in [0.05, 0.1) is 12.2 Å². The van der Waals surface area contributed by atoms with Gasteiger partial charge in [-0.2, -0.15) is 0 Å². The molecule has 0 aromatic heterocycles. The summed E-state index contributed by atoms with van der Waals surface area (Å²) in [6.07, 6.45) is 0. The van der Waals surface area contributed by atoms with Crippen LogP contribution in [0.15, 0.2) is 18.2 Å². The van der Waals surface area contributed by atoms with E-state index in [-0.39, 0.29) is 5.60 Å². The minimum absolute atomic E-state index is 0.127. The largest absolute Gasteiger partial charge is 0.484 e. The zero-order chi connectivity index (χ0) is 10.9. The summed E-state index contributed by atoms with van der Waals surface area (Å²) >= 11 is 0. The molecule has 1 aromatic carbocycles. The molecule has 2 rings (SSSR count). The fraction of sp³-hybridized carbons (Fsp3) is 0.500. The Bertz CT molecular complexity index is 361. The SMILES string of the molecule is CCNc1ccc2c(c1)OC(C)(C)CN2. The summed E-state index contributed by atoms with van der Waals surface area (Å²) in [5, 5.41) is 6.65. The predicted octanol–water partition coefficient (Wildman–Crippen LogP) is 2.70. The van der Waals surface area contributed by atoms with E-state index in [4.69, 9.17) is 4.74 Å².